The van der Waals surface area contributed by atoms with Crippen molar-refractivity contribution in [2.75, 3.05) is 30.9 Å². The van der Waals surface area contributed by atoms with Gasteiger partial charge in [-0.15, -0.1) is 0 Å². The number of methoxy groups -OCH3 is 1. The maximum atomic E-state index is 13.9. The molecule has 9 nitrogen and oxygen atoms in total. The first-order valence-electron chi connectivity index (χ1n) is 10.7. The van der Waals surface area contributed by atoms with E-state index >= 15 is 0 Å². The lowest BCUT2D eigenvalue weighted by Crippen LogP contribution is -2.31. The molecule has 0 fully saturated rings. The molecule has 2 aromatic carbocycles. The van der Waals surface area contributed by atoms with Gasteiger partial charge in [-0.3, -0.25) is 29.1 Å². The first-order valence-corrected chi connectivity index (χ1v) is 10.7. The van der Waals surface area contributed by atoms with Crippen molar-refractivity contribution < 1.29 is 28.3 Å². The number of amides is 4. The molecule has 0 spiro atoms. The lowest BCUT2D eigenvalue weighted by atomic mass is 10.1. The number of carbonyl (C=O) groups is 4. The number of hydrogen-bond acceptors (Lipinski definition) is 6. The number of aromatic nitrogens is 1. The molecule has 0 unspecified atom stereocenters. The molecule has 0 saturated carbocycles. The number of anilines is 2. The zero-order valence-corrected chi connectivity index (χ0v) is 18.7. The van der Waals surface area contributed by atoms with Crippen LogP contribution in [0, 0.1) is 5.82 Å². The third-order valence-electron chi connectivity index (χ3n) is 5.34. The van der Waals surface area contributed by atoms with Gasteiger partial charge in [0.05, 0.1) is 22.5 Å². The molecule has 178 valence electrons. The third-order valence-corrected chi connectivity index (χ3v) is 5.34. The van der Waals surface area contributed by atoms with Gasteiger partial charge in [-0.2, -0.15) is 0 Å². The van der Waals surface area contributed by atoms with Gasteiger partial charge in [0.2, 0.25) is 0 Å². The van der Waals surface area contributed by atoms with Gasteiger partial charge < -0.3 is 15.4 Å². The van der Waals surface area contributed by atoms with E-state index in [4.69, 9.17) is 4.74 Å². The fourth-order valence-corrected chi connectivity index (χ4v) is 3.61. The number of nitrogens with zero attached hydrogens (tertiary/aromatic N) is 2. The summed E-state index contributed by atoms with van der Waals surface area (Å²) in [6.07, 6.45) is 1.95. The van der Waals surface area contributed by atoms with Crippen molar-refractivity contribution in [2.24, 2.45) is 0 Å². The molecular weight excluding hydrogens is 455 g/mol. The minimum absolute atomic E-state index is 0.0170. The van der Waals surface area contributed by atoms with E-state index in [9.17, 15) is 23.6 Å². The van der Waals surface area contributed by atoms with Gasteiger partial charge in [0.15, 0.2) is 0 Å². The average molecular weight is 476 g/mol. The molecule has 0 bridgehead atoms. The van der Waals surface area contributed by atoms with E-state index in [0.29, 0.717) is 13.0 Å². The Kier molecular flexibility index (Phi) is 6.93. The molecule has 3 aromatic rings. The van der Waals surface area contributed by atoms with E-state index < -0.39 is 29.4 Å². The van der Waals surface area contributed by atoms with Crippen LogP contribution < -0.4 is 10.6 Å². The molecule has 0 atom stereocenters. The Bertz CT molecular complexity index is 1310. The van der Waals surface area contributed by atoms with Crippen molar-refractivity contribution >= 4 is 35.0 Å². The van der Waals surface area contributed by atoms with E-state index in [2.05, 4.69) is 15.6 Å². The lowest BCUT2D eigenvalue weighted by molar-refractivity contribution is 0.0638. The number of benzene rings is 2. The highest BCUT2D eigenvalue weighted by molar-refractivity contribution is 6.22. The molecule has 4 rings (SSSR count). The molecule has 35 heavy (non-hydrogen) atoms. The Hall–Kier alpha value is -4.44. The Morgan fingerprint density at radius 1 is 0.943 bits per heavy atom. The predicted octanol–water partition coefficient (Wildman–Crippen LogP) is 3.36. The maximum absolute atomic E-state index is 13.9. The summed E-state index contributed by atoms with van der Waals surface area (Å²) >= 11 is 0. The summed E-state index contributed by atoms with van der Waals surface area (Å²) in [4.78, 5) is 55.7. The van der Waals surface area contributed by atoms with E-state index in [1.54, 1.807) is 12.1 Å². The number of halogens is 1. The first kappa shape index (κ1) is 23.7. The molecule has 0 aliphatic carbocycles. The summed E-state index contributed by atoms with van der Waals surface area (Å²) in [6, 6.07) is 12.5. The zero-order valence-electron chi connectivity index (χ0n) is 18.7. The normalized spacial score (nSPS) is 12.5. The SMILES string of the molecule is COCCCN1C(=O)c2ccc(C(=O)Nc3cc(F)ccc3NC(=O)c3ccccn3)cc2C1=O. The van der Waals surface area contributed by atoms with Crippen LogP contribution >= 0.6 is 0 Å². The molecule has 0 radical (unpaired) electrons. The standard InChI is InChI=1S/C25H21FN4O5/c1-35-12-4-11-30-24(33)17-8-6-15(13-18(17)25(30)34)22(31)29-21-14-16(26)7-9-19(21)28-23(32)20-5-2-3-10-27-20/h2-3,5-10,13-14H,4,11-12H2,1H3,(H,28,32)(H,29,31). The number of fused-ring (bicyclic) bond motifs is 1. The van der Waals surface area contributed by atoms with Crippen LogP contribution in [0.25, 0.3) is 0 Å². The van der Waals surface area contributed by atoms with E-state index in [1.807, 2.05) is 0 Å². The minimum atomic E-state index is -0.648. The van der Waals surface area contributed by atoms with Crippen molar-refractivity contribution in [1.29, 1.82) is 0 Å². The Morgan fingerprint density at radius 2 is 1.71 bits per heavy atom. The number of nitrogens with one attached hydrogen (secondary N) is 2. The van der Waals surface area contributed by atoms with Crippen LogP contribution in [0.1, 0.15) is 48.0 Å². The number of imide groups is 1. The summed E-state index contributed by atoms with van der Waals surface area (Å²) in [5.74, 6) is -2.74. The quantitative estimate of drug-likeness (QED) is 0.380. The van der Waals surface area contributed by atoms with Crippen LogP contribution in [0.15, 0.2) is 60.8 Å². The second-order valence-electron chi connectivity index (χ2n) is 7.68. The Labute approximate surface area is 199 Å². The number of hydrogen-bond donors (Lipinski definition) is 2. The molecule has 0 saturated heterocycles. The maximum Gasteiger partial charge on any atom is 0.274 e. The van der Waals surface area contributed by atoms with Crippen molar-refractivity contribution in [3.05, 3.63) is 89.0 Å². The van der Waals surface area contributed by atoms with Crippen LogP contribution in [0.4, 0.5) is 15.8 Å². The largest absolute Gasteiger partial charge is 0.385 e. The lowest BCUT2D eigenvalue weighted by Gasteiger charge is -2.13. The van der Waals surface area contributed by atoms with Gasteiger partial charge in [-0.25, -0.2) is 4.39 Å². The van der Waals surface area contributed by atoms with E-state index in [-0.39, 0.29) is 40.3 Å². The predicted molar refractivity (Wildman–Crippen MR) is 125 cm³/mol. The van der Waals surface area contributed by atoms with Crippen LogP contribution in [0.5, 0.6) is 0 Å². The molecule has 10 heteroatoms. The van der Waals surface area contributed by atoms with Crippen LogP contribution in [-0.2, 0) is 4.74 Å². The van der Waals surface area contributed by atoms with Gasteiger partial charge in [-0.1, -0.05) is 6.07 Å². The smallest absolute Gasteiger partial charge is 0.274 e. The molecule has 1 aliphatic heterocycles. The summed E-state index contributed by atoms with van der Waals surface area (Å²) in [5, 5.41) is 5.15. The van der Waals surface area contributed by atoms with Gasteiger partial charge in [-0.05, 0) is 55.0 Å². The second-order valence-corrected chi connectivity index (χ2v) is 7.68. The Morgan fingerprint density at radius 3 is 2.46 bits per heavy atom. The first-order chi connectivity index (χ1) is 16.9. The summed E-state index contributed by atoms with van der Waals surface area (Å²) in [6.45, 7) is 0.595. The molecule has 2 heterocycles. The highest BCUT2D eigenvalue weighted by Crippen LogP contribution is 2.27. The van der Waals surface area contributed by atoms with Crippen molar-refractivity contribution in [3.8, 4) is 0 Å². The van der Waals surface area contributed by atoms with Gasteiger partial charge in [0.1, 0.15) is 11.5 Å². The number of ether oxygens (including phenoxy) is 1. The van der Waals surface area contributed by atoms with Crippen LogP contribution in [0.3, 0.4) is 0 Å². The van der Waals surface area contributed by atoms with Gasteiger partial charge >= 0.3 is 0 Å². The monoisotopic (exact) mass is 476 g/mol. The van der Waals surface area contributed by atoms with Crippen LogP contribution in [0.2, 0.25) is 0 Å². The van der Waals surface area contributed by atoms with Gasteiger partial charge in [0.25, 0.3) is 23.6 Å². The molecule has 4 amide bonds. The molecule has 1 aromatic heterocycles. The summed E-state index contributed by atoms with van der Waals surface area (Å²) in [7, 11) is 1.53. The molecule has 1 aliphatic rings. The average Bonchev–Trinajstić information content (AvgIpc) is 3.10. The van der Waals surface area contributed by atoms with Crippen molar-refractivity contribution in [1.82, 2.24) is 9.88 Å². The zero-order chi connectivity index (χ0) is 24.9. The third kappa shape index (κ3) is 5.07. The number of carbonyl (C=O) groups excluding carboxylic acids is 4. The fraction of sp³-hybridized carbons (Fsp3) is 0.160. The number of rotatable bonds is 8. The van der Waals surface area contributed by atoms with Crippen molar-refractivity contribution in [3.63, 3.8) is 0 Å². The molecular formula is C25H21FN4O5. The summed E-state index contributed by atoms with van der Waals surface area (Å²) < 4.78 is 18.9. The van der Waals surface area contributed by atoms with Crippen LogP contribution in [-0.4, -0.2) is 53.8 Å². The highest BCUT2D eigenvalue weighted by atomic mass is 19.1. The van der Waals surface area contributed by atoms with E-state index in [0.717, 1.165) is 17.0 Å². The highest BCUT2D eigenvalue weighted by Gasteiger charge is 2.35. The fourth-order valence-electron chi connectivity index (χ4n) is 3.61. The molecule has 2 N–H and O–H groups in total. The van der Waals surface area contributed by atoms with Crippen molar-refractivity contribution in [2.45, 2.75) is 6.42 Å². The van der Waals surface area contributed by atoms with Gasteiger partial charge in [0, 0.05) is 32.0 Å². The summed E-state index contributed by atoms with van der Waals surface area (Å²) in [5.41, 5.74) is 0.734. The Balaban J connectivity index is 1.53. The topological polar surface area (TPSA) is 118 Å². The van der Waals surface area contributed by atoms with E-state index in [1.165, 1.54) is 43.6 Å². The minimum Gasteiger partial charge on any atom is -0.385 e. The second kappa shape index (κ2) is 10.2. The number of pyridine rings is 1.